The van der Waals surface area contributed by atoms with Crippen molar-refractivity contribution in [3.8, 4) is 0 Å². The molecule has 0 N–H and O–H groups in total. The lowest BCUT2D eigenvalue weighted by atomic mass is 10.5. The zero-order valence-electron chi connectivity index (χ0n) is 6.41. The minimum atomic E-state index is -0.0181. The highest BCUT2D eigenvalue weighted by Gasteiger charge is 1.94. The molecule has 1 aromatic heterocycles. The van der Waals surface area contributed by atoms with Gasteiger partial charge in [0, 0.05) is 28.8 Å². The molecule has 0 aliphatic rings. The fraction of sp³-hybridized carbons (Fsp3) is 0.286. The molecule has 11 heavy (non-hydrogen) atoms. The largest absolute Gasteiger partial charge is 0.264 e. The van der Waals surface area contributed by atoms with E-state index in [9.17, 15) is 0 Å². The van der Waals surface area contributed by atoms with Gasteiger partial charge >= 0.3 is 0 Å². The maximum absolute atomic E-state index is 4.17. The SMILES string of the molecule is CN=S(C)c1cncc(Br)c1. The van der Waals surface area contributed by atoms with E-state index in [0.717, 1.165) is 4.47 Å². The van der Waals surface area contributed by atoms with Crippen LogP contribution in [0.2, 0.25) is 0 Å². The van der Waals surface area contributed by atoms with Gasteiger partial charge in [0.25, 0.3) is 0 Å². The highest BCUT2D eigenvalue weighted by Crippen LogP contribution is 2.12. The van der Waals surface area contributed by atoms with Crippen LogP contribution in [0.3, 0.4) is 0 Å². The van der Waals surface area contributed by atoms with Crippen LogP contribution in [0.15, 0.2) is 32.2 Å². The summed E-state index contributed by atoms with van der Waals surface area (Å²) in [5.74, 6) is 0. The molecule has 0 aromatic carbocycles. The fourth-order valence-corrected chi connectivity index (χ4v) is 1.90. The first-order valence-corrected chi connectivity index (χ1v) is 5.49. The van der Waals surface area contributed by atoms with Crippen LogP contribution in [0.5, 0.6) is 0 Å². The standard InChI is InChI=1S/C7H9BrN2S/c1-9-11(2)7-3-6(8)4-10-5-7/h3-5H,1-2H3. The predicted octanol–water partition coefficient (Wildman–Crippen LogP) is 2.26. The molecule has 1 rings (SSSR count). The Kier molecular flexibility index (Phi) is 3.20. The number of aromatic nitrogens is 1. The summed E-state index contributed by atoms with van der Waals surface area (Å²) in [6.07, 6.45) is 5.70. The number of hydrogen-bond acceptors (Lipinski definition) is 2. The lowest BCUT2D eigenvalue weighted by Gasteiger charge is -1.99. The van der Waals surface area contributed by atoms with Crippen molar-refractivity contribution in [2.24, 2.45) is 4.36 Å². The highest BCUT2D eigenvalue weighted by molar-refractivity contribution is 9.10. The Labute approximate surface area is 77.3 Å². The van der Waals surface area contributed by atoms with Gasteiger partial charge in [-0.1, -0.05) is 10.7 Å². The molecule has 2 nitrogen and oxygen atoms in total. The Morgan fingerprint density at radius 2 is 2.27 bits per heavy atom. The number of hydrogen-bond donors (Lipinski definition) is 0. The second-order valence-electron chi connectivity index (χ2n) is 2.00. The molecule has 60 valence electrons. The molecule has 0 saturated carbocycles. The third-order valence-electron chi connectivity index (χ3n) is 1.29. The normalized spacial score (nSPS) is 13.4. The lowest BCUT2D eigenvalue weighted by molar-refractivity contribution is 1.21. The van der Waals surface area contributed by atoms with Crippen molar-refractivity contribution in [3.63, 3.8) is 0 Å². The minimum absolute atomic E-state index is 0.0181. The molecule has 1 atom stereocenters. The maximum atomic E-state index is 4.17. The molecule has 4 heteroatoms. The van der Waals surface area contributed by atoms with Crippen LogP contribution in [0.4, 0.5) is 0 Å². The monoisotopic (exact) mass is 232 g/mol. The summed E-state index contributed by atoms with van der Waals surface area (Å²) in [6, 6.07) is 2.04. The zero-order valence-corrected chi connectivity index (χ0v) is 8.82. The zero-order chi connectivity index (χ0) is 8.27. The van der Waals surface area contributed by atoms with Gasteiger partial charge in [-0.15, -0.1) is 0 Å². The van der Waals surface area contributed by atoms with Gasteiger partial charge in [0.2, 0.25) is 0 Å². The van der Waals surface area contributed by atoms with E-state index in [-0.39, 0.29) is 10.7 Å². The van der Waals surface area contributed by atoms with Gasteiger partial charge in [-0.25, -0.2) is 0 Å². The summed E-state index contributed by atoms with van der Waals surface area (Å²) >= 11 is 3.36. The molecule has 1 heterocycles. The van der Waals surface area contributed by atoms with Crippen LogP contribution in [0.1, 0.15) is 0 Å². The summed E-state index contributed by atoms with van der Waals surface area (Å²) in [5, 5.41) is 0. The number of nitrogens with zero attached hydrogens (tertiary/aromatic N) is 2. The maximum Gasteiger partial charge on any atom is 0.0414 e. The average molecular weight is 233 g/mol. The quantitative estimate of drug-likeness (QED) is 0.730. The van der Waals surface area contributed by atoms with Gasteiger partial charge < -0.3 is 0 Å². The first kappa shape index (κ1) is 8.87. The van der Waals surface area contributed by atoms with Crippen molar-refractivity contribution >= 4 is 26.6 Å². The summed E-state index contributed by atoms with van der Waals surface area (Å²) in [4.78, 5) is 5.22. The van der Waals surface area contributed by atoms with Crippen LogP contribution < -0.4 is 0 Å². The van der Waals surface area contributed by atoms with Gasteiger partial charge in [-0.2, -0.15) is 0 Å². The summed E-state index contributed by atoms with van der Waals surface area (Å²) in [7, 11) is 1.81. The Balaban J connectivity index is 3.06. The van der Waals surface area contributed by atoms with E-state index in [0.29, 0.717) is 0 Å². The van der Waals surface area contributed by atoms with E-state index < -0.39 is 0 Å². The van der Waals surface area contributed by atoms with Crippen molar-refractivity contribution in [1.29, 1.82) is 0 Å². The van der Waals surface area contributed by atoms with Crippen molar-refractivity contribution in [3.05, 3.63) is 22.9 Å². The van der Waals surface area contributed by atoms with Crippen LogP contribution >= 0.6 is 15.9 Å². The topological polar surface area (TPSA) is 25.2 Å². The van der Waals surface area contributed by atoms with Crippen molar-refractivity contribution in [2.75, 3.05) is 13.3 Å². The highest BCUT2D eigenvalue weighted by atomic mass is 79.9. The smallest absolute Gasteiger partial charge is 0.0414 e. The summed E-state index contributed by atoms with van der Waals surface area (Å²) < 4.78 is 5.18. The van der Waals surface area contributed by atoms with Crippen molar-refractivity contribution in [1.82, 2.24) is 4.98 Å². The Bertz CT molecular complexity index is 286. The molecule has 1 unspecified atom stereocenters. The molecule has 0 fully saturated rings. The summed E-state index contributed by atoms with van der Waals surface area (Å²) in [5.41, 5.74) is 0. The Morgan fingerprint density at radius 1 is 1.55 bits per heavy atom. The molecule has 0 saturated heterocycles. The van der Waals surface area contributed by atoms with E-state index >= 15 is 0 Å². The molecule has 0 aliphatic heterocycles. The Hall–Kier alpha value is -0.220. The Morgan fingerprint density at radius 3 is 2.82 bits per heavy atom. The predicted molar refractivity (Wildman–Crippen MR) is 51.8 cm³/mol. The van der Waals surface area contributed by atoms with E-state index in [1.807, 2.05) is 19.3 Å². The number of rotatable bonds is 1. The third-order valence-corrected chi connectivity index (χ3v) is 3.18. The first-order valence-electron chi connectivity index (χ1n) is 3.10. The van der Waals surface area contributed by atoms with E-state index in [4.69, 9.17) is 0 Å². The van der Waals surface area contributed by atoms with Gasteiger partial charge in [0.05, 0.1) is 0 Å². The van der Waals surface area contributed by atoms with Crippen LogP contribution in [0.25, 0.3) is 0 Å². The fourth-order valence-electron chi connectivity index (χ4n) is 0.659. The van der Waals surface area contributed by atoms with Gasteiger partial charge in [0.1, 0.15) is 0 Å². The van der Waals surface area contributed by atoms with Crippen LogP contribution in [-0.2, 0) is 10.7 Å². The van der Waals surface area contributed by atoms with Crippen LogP contribution in [-0.4, -0.2) is 18.3 Å². The molecule has 1 aromatic rings. The number of halogens is 1. The molecule has 0 spiro atoms. The molecule has 0 bridgehead atoms. The van der Waals surface area contributed by atoms with Gasteiger partial charge in [-0.3, -0.25) is 9.35 Å². The molecule has 0 aliphatic carbocycles. The average Bonchev–Trinajstić information content (AvgIpc) is 2.03. The third kappa shape index (κ3) is 2.38. The summed E-state index contributed by atoms with van der Waals surface area (Å²) in [6.45, 7) is 0. The second kappa shape index (κ2) is 3.97. The van der Waals surface area contributed by atoms with Crippen LogP contribution in [0, 0.1) is 0 Å². The molecular formula is C7H9BrN2S. The van der Waals surface area contributed by atoms with Gasteiger partial charge in [-0.05, 0) is 28.3 Å². The molecular weight excluding hydrogens is 224 g/mol. The minimum Gasteiger partial charge on any atom is -0.264 e. The van der Waals surface area contributed by atoms with E-state index in [2.05, 4.69) is 31.5 Å². The van der Waals surface area contributed by atoms with Crippen molar-refractivity contribution in [2.45, 2.75) is 4.90 Å². The lowest BCUT2D eigenvalue weighted by Crippen LogP contribution is -1.87. The van der Waals surface area contributed by atoms with E-state index in [1.54, 1.807) is 6.20 Å². The second-order valence-corrected chi connectivity index (χ2v) is 4.71. The van der Waals surface area contributed by atoms with E-state index in [1.165, 1.54) is 4.90 Å². The number of pyridine rings is 1. The van der Waals surface area contributed by atoms with Crippen molar-refractivity contribution < 1.29 is 0 Å². The van der Waals surface area contributed by atoms with Gasteiger partial charge in [0.15, 0.2) is 0 Å². The molecule has 0 amide bonds. The molecule has 0 radical (unpaired) electrons. The first-order chi connectivity index (χ1) is 5.24.